The minimum atomic E-state index is -4.57. The van der Waals surface area contributed by atoms with Gasteiger partial charge in [-0.1, -0.05) is 11.6 Å². The van der Waals surface area contributed by atoms with Gasteiger partial charge in [0, 0.05) is 17.0 Å². The molecule has 2 rings (SSSR count). The molecule has 27 heavy (non-hydrogen) atoms. The molecule has 1 aromatic heterocycles. The molecule has 0 aliphatic heterocycles. The molecular weight excluding hydrogens is 387 g/mol. The number of ketones is 1. The Kier molecular flexibility index (Phi) is 6.43. The number of benzene rings is 1. The topological polar surface area (TPSA) is 76.5 Å². The first-order chi connectivity index (χ1) is 12.6. The lowest BCUT2D eigenvalue weighted by molar-refractivity contribution is -0.143. The van der Waals surface area contributed by atoms with E-state index in [9.17, 15) is 27.9 Å². The first-order valence-corrected chi connectivity index (χ1v) is 8.27. The van der Waals surface area contributed by atoms with E-state index in [0.717, 1.165) is 24.3 Å². The van der Waals surface area contributed by atoms with Crippen LogP contribution in [0.1, 0.15) is 35.8 Å². The summed E-state index contributed by atoms with van der Waals surface area (Å²) in [7, 11) is 0. The summed E-state index contributed by atoms with van der Waals surface area (Å²) in [6.45, 7) is 1.79. The molecule has 5 nitrogen and oxygen atoms in total. The molecule has 1 aromatic carbocycles. The van der Waals surface area contributed by atoms with E-state index in [1.54, 1.807) is 6.92 Å². The number of rotatable bonds is 6. The summed E-state index contributed by atoms with van der Waals surface area (Å²) in [5.74, 6) is -1.68. The third kappa shape index (κ3) is 5.19. The summed E-state index contributed by atoms with van der Waals surface area (Å²) >= 11 is 5.97. The quantitative estimate of drug-likeness (QED) is 0.563. The molecule has 0 aliphatic rings. The Morgan fingerprint density at radius 2 is 1.89 bits per heavy atom. The number of aromatic nitrogens is 1. The summed E-state index contributed by atoms with van der Waals surface area (Å²) in [6.07, 6.45) is -5.05. The first-order valence-electron chi connectivity index (χ1n) is 7.89. The first kappa shape index (κ1) is 20.7. The molecule has 1 N–H and O–H groups in total. The standard InChI is InChI=1S/C18H15ClF3NO4/c1-2-27-16(26)8-7-15(25)17-14(24)6-5-13(23-17)11-9-10(18(20,21)22)3-4-12(11)19/h3-6,9,24H,2,7-8H2,1H3. The number of pyridine rings is 1. The summed E-state index contributed by atoms with van der Waals surface area (Å²) < 4.78 is 43.5. The minimum absolute atomic E-state index is 0.00566. The molecule has 0 aliphatic carbocycles. The van der Waals surface area contributed by atoms with Crippen LogP contribution in [0.4, 0.5) is 13.2 Å². The molecular formula is C18H15ClF3NO4. The van der Waals surface area contributed by atoms with Crippen LogP contribution < -0.4 is 0 Å². The zero-order valence-electron chi connectivity index (χ0n) is 14.1. The molecule has 0 saturated heterocycles. The molecule has 144 valence electrons. The van der Waals surface area contributed by atoms with E-state index in [0.29, 0.717) is 0 Å². The number of carbonyl (C=O) groups is 2. The summed E-state index contributed by atoms with van der Waals surface area (Å²) in [5.41, 5.74) is -1.33. The normalized spacial score (nSPS) is 11.3. The predicted octanol–water partition coefficient (Wildman–Crippen LogP) is 4.65. The van der Waals surface area contributed by atoms with Gasteiger partial charge in [0.25, 0.3) is 0 Å². The Bertz CT molecular complexity index is 868. The highest BCUT2D eigenvalue weighted by Gasteiger charge is 2.31. The number of nitrogens with zero attached hydrogens (tertiary/aromatic N) is 1. The number of esters is 1. The van der Waals surface area contributed by atoms with Crippen LogP contribution in [-0.2, 0) is 15.7 Å². The maximum absolute atomic E-state index is 12.9. The highest BCUT2D eigenvalue weighted by molar-refractivity contribution is 6.33. The molecule has 0 spiro atoms. The van der Waals surface area contributed by atoms with Crippen LogP contribution in [0, 0.1) is 0 Å². The molecule has 0 amide bonds. The van der Waals surface area contributed by atoms with Crippen LogP contribution in [0.3, 0.4) is 0 Å². The van der Waals surface area contributed by atoms with E-state index in [1.807, 2.05) is 0 Å². The van der Waals surface area contributed by atoms with Gasteiger partial charge in [0.05, 0.1) is 24.3 Å². The van der Waals surface area contributed by atoms with Crippen molar-refractivity contribution in [2.24, 2.45) is 0 Å². The second-order valence-corrected chi connectivity index (χ2v) is 5.89. The van der Waals surface area contributed by atoms with E-state index in [4.69, 9.17) is 16.3 Å². The largest absolute Gasteiger partial charge is 0.506 e. The van der Waals surface area contributed by atoms with E-state index >= 15 is 0 Å². The molecule has 0 radical (unpaired) electrons. The Morgan fingerprint density at radius 3 is 2.52 bits per heavy atom. The van der Waals surface area contributed by atoms with Gasteiger partial charge in [0.1, 0.15) is 11.4 Å². The van der Waals surface area contributed by atoms with Gasteiger partial charge in [-0.05, 0) is 37.3 Å². The SMILES string of the molecule is CCOC(=O)CCC(=O)c1nc(-c2cc(C(F)(F)F)ccc2Cl)ccc1O. The number of ether oxygens (including phenoxy) is 1. The number of alkyl halides is 3. The van der Waals surface area contributed by atoms with E-state index in [1.165, 1.54) is 6.07 Å². The molecule has 0 saturated carbocycles. The third-order valence-corrected chi connectivity index (χ3v) is 3.90. The Hall–Kier alpha value is -2.61. The molecule has 9 heteroatoms. The number of Topliss-reactive ketones (excluding diaryl/α,β-unsaturated/α-hetero) is 1. The van der Waals surface area contributed by atoms with Gasteiger partial charge in [0.2, 0.25) is 0 Å². The fraction of sp³-hybridized carbons (Fsp3) is 0.278. The molecule has 0 bridgehead atoms. The van der Waals surface area contributed by atoms with E-state index in [-0.39, 0.29) is 41.4 Å². The van der Waals surface area contributed by atoms with Crippen LogP contribution >= 0.6 is 11.6 Å². The van der Waals surface area contributed by atoms with Crippen molar-refractivity contribution < 1.29 is 32.6 Å². The molecule has 0 fully saturated rings. The van der Waals surface area contributed by atoms with Crippen LogP contribution in [0.5, 0.6) is 5.75 Å². The molecule has 0 unspecified atom stereocenters. The van der Waals surface area contributed by atoms with Crippen LogP contribution in [0.2, 0.25) is 5.02 Å². The van der Waals surface area contributed by atoms with Crippen molar-refractivity contribution in [2.75, 3.05) is 6.61 Å². The molecule has 1 heterocycles. The van der Waals surface area contributed by atoms with Crippen LogP contribution in [0.15, 0.2) is 30.3 Å². The van der Waals surface area contributed by atoms with Gasteiger partial charge in [0.15, 0.2) is 5.78 Å². The maximum atomic E-state index is 12.9. The van der Waals surface area contributed by atoms with E-state index < -0.39 is 29.2 Å². The van der Waals surface area contributed by atoms with Gasteiger partial charge in [-0.25, -0.2) is 4.98 Å². The fourth-order valence-electron chi connectivity index (χ4n) is 2.27. The van der Waals surface area contributed by atoms with Gasteiger partial charge < -0.3 is 9.84 Å². The van der Waals surface area contributed by atoms with Gasteiger partial charge in [-0.2, -0.15) is 13.2 Å². The lowest BCUT2D eigenvalue weighted by Gasteiger charge is -2.11. The Balaban J connectivity index is 2.35. The van der Waals surface area contributed by atoms with Crippen molar-refractivity contribution in [2.45, 2.75) is 25.9 Å². The maximum Gasteiger partial charge on any atom is 0.416 e. The zero-order valence-corrected chi connectivity index (χ0v) is 14.9. The van der Waals surface area contributed by atoms with Gasteiger partial charge >= 0.3 is 12.1 Å². The Labute approximate surface area is 157 Å². The minimum Gasteiger partial charge on any atom is -0.506 e. The fourth-order valence-corrected chi connectivity index (χ4v) is 2.49. The van der Waals surface area contributed by atoms with Crippen molar-refractivity contribution in [3.05, 3.63) is 46.6 Å². The lowest BCUT2D eigenvalue weighted by Crippen LogP contribution is -2.10. The highest BCUT2D eigenvalue weighted by Crippen LogP contribution is 2.36. The molecule has 2 aromatic rings. The summed E-state index contributed by atoms with van der Waals surface area (Å²) in [4.78, 5) is 27.5. The number of halogens is 4. The third-order valence-electron chi connectivity index (χ3n) is 3.57. The number of hydrogen-bond donors (Lipinski definition) is 1. The van der Waals surface area contributed by atoms with E-state index in [2.05, 4.69) is 4.98 Å². The van der Waals surface area contributed by atoms with Crippen LogP contribution in [-0.4, -0.2) is 28.4 Å². The summed E-state index contributed by atoms with van der Waals surface area (Å²) in [5, 5.41) is 9.87. The summed E-state index contributed by atoms with van der Waals surface area (Å²) in [6, 6.07) is 5.11. The van der Waals surface area contributed by atoms with Crippen LogP contribution in [0.25, 0.3) is 11.3 Å². The monoisotopic (exact) mass is 401 g/mol. The van der Waals surface area contributed by atoms with Crippen molar-refractivity contribution in [1.82, 2.24) is 4.98 Å². The number of aromatic hydroxyl groups is 1. The molecule has 0 atom stereocenters. The highest BCUT2D eigenvalue weighted by atomic mass is 35.5. The second kappa shape index (κ2) is 8.39. The van der Waals surface area contributed by atoms with Gasteiger partial charge in [-0.3, -0.25) is 9.59 Å². The predicted molar refractivity (Wildman–Crippen MR) is 91.5 cm³/mol. The van der Waals surface area contributed by atoms with Crippen molar-refractivity contribution >= 4 is 23.4 Å². The van der Waals surface area contributed by atoms with Gasteiger partial charge in [-0.15, -0.1) is 0 Å². The lowest BCUT2D eigenvalue weighted by atomic mass is 10.1. The van der Waals surface area contributed by atoms with Crippen molar-refractivity contribution in [3.8, 4) is 17.0 Å². The van der Waals surface area contributed by atoms with Crippen molar-refractivity contribution in [3.63, 3.8) is 0 Å². The smallest absolute Gasteiger partial charge is 0.416 e. The Morgan fingerprint density at radius 1 is 1.19 bits per heavy atom. The average Bonchev–Trinajstić information content (AvgIpc) is 2.60. The zero-order chi connectivity index (χ0) is 20.2. The number of hydrogen-bond acceptors (Lipinski definition) is 5. The number of carbonyl (C=O) groups excluding carboxylic acids is 2. The second-order valence-electron chi connectivity index (χ2n) is 5.48. The van der Waals surface area contributed by atoms with Crippen molar-refractivity contribution in [1.29, 1.82) is 0 Å². The average molecular weight is 402 g/mol.